The molecular weight excluding hydrogens is 336 g/mol. The van der Waals surface area contributed by atoms with Gasteiger partial charge in [0.1, 0.15) is 10.6 Å². The van der Waals surface area contributed by atoms with E-state index in [1.165, 1.54) is 24.6 Å². The minimum atomic E-state index is -0.488. The normalized spacial score (nSPS) is 10.3. The molecule has 0 aliphatic rings. The van der Waals surface area contributed by atoms with Crippen LogP contribution in [0.5, 0.6) is 0 Å². The number of nitrogens with zero attached hydrogens (tertiary/aromatic N) is 1. The van der Waals surface area contributed by atoms with E-state index in [0.29, 0.717) is 16.1 Å². The second-order valence-electron chi connectivity index (χ2n) is 5.41. The van der Waals surface area contributed by atoms with E-state index < -0.39 is 5.97 Å². The summed E-state index contributed by atoms with van der Waals surface area (Å²) in [5.74, 6) is -0.811. The fourth-order valence-electron chi connectivity index (χ4n) is 2.37. The molecule has 2 heterocycles. The van der Waals surface area contributed by atoms with Crippen LogP contribution in [-0.4, -0.2) is 24.0 Å². The van der Waals surface area contributed by atoms with Gasteiger partial charge >= 0.3 is 5.97 Å². The molecular formula is C19H16N2O3S. The number of nitrogens with one attached hydrogen (secondary N) is 1. The number of ether oxygens (including phenoxy) is 1. The molecule has 0 aliphatic heterocycles. The topological polar surface area (TPSA) is 68.3 Å². The summed E-state index contributed by atoms with van der Waals surface area (Å²) in [7, 11) is 1.33. The van der Waals surface area contributed by atoms with Crippen LogP contribution in [0, 0.1) is 6.92 Å². The van der Waals surface area contributed by atoms with E-state index in [0.717, 1.165) is 16.7 Å². The second kappa shape index (κ2) is 7.27. The summed E-state index contributed by atoms with van der Waals surface area (Å²) in [6.45, 7) is 2.00. The fourth-order valence-corrected chi connectivity index (χ4v) is 3.32. The van der Waals surface area contributed by atoms with E-state index in [2.05, 4.69) is 10.3 Å². The van der Waals surface area contributed by atoms with Crippen LogP contribution in [0.4, 0.5) is 5.00 Å². The highest BCUT2D eigenvalue weighted by Crippen LogP contribution is 2.36. The van der Waals surface area contributed by atoms with Gasteiger partial charge in [-0.2, -0.15) is 0 Å². The molecule has 126 valence electrons. The van der Waals surface area contributed by atoms with Gasteiger partial charge < -0.3 is 10.1 Å². The Hall–Kier alpha value is -2.99. The molecule has 5 nitrogen and oxygen atoms in total. The van der Waals surface area contributed by atoms with Crippen molar-refractivity contribution in [3.05, 3.63) is 70.9 Å². The van der Waals surface area contributed by atoms with Crippen LogP contribution in [0.2, 0.25) is 0 Å². The van der Waals surface area contributed by atoms with Crippen LogP contribution in [0.15, 0.2) is 54.2 Å². The van der Waals surface area contributed by atoms with Crippen molar-refractivity contribution in [1.29, 1.82) is 0 Å². The molecule has 1 aromatic carbocycles. The smallest absolute Gasteiger partial charge is 0.341 e. The summed E-state index contributed by atoms with van der Waals surface area (Å²) in [6, 6.07) is 11.2. The SMILES string of the molecule is COC(=O)c1c(-c2ccc(C)cc2)csc1NC(=O)c1cccnc1. The molecule has 0 bridgehead atoms. The van der Waals surface area contributed by atoms with E-state index >= 15 is 0 Å². The molecule has 25 heavy (non-hydrogen) atoms. The summed E-state index contributed by atoms with van der Waals surface area (Å²) in [4.78, 5) is 28.6. The van der Waals surface area contributed by atoms with Gasteiger partial charge in [0.2, 0.25) is 0 Å². The third-order valence-electron chi connectivity index (χ3n) is 3.69. The molecule has 6 heteroatoms. The minimum absolute atomic E-state index is 0.324. The van der Waals surface area contributed by atoms with Crippen LogP contribution in [0.1, 0.15) is 26.3 Å². The van der Waals surface area contributed by atoms with Crippen molar-refractivity contribution in [2.24, 2.45) is 0 Å². The lowest BCUT2D eigenvalue weighted by Gasteiger charge is -2.08. The van der Waals surface area contributed by atoms with Gasteiger partial charge in [-0.05, 0) is 24.6 Å². The van der Waals surface area contributed by atoms with E-state index in [1.54, 1.807) is 18.3 Å². The summed E-state index contributed by atoms with van der Waals surface area (Å²) in [5, 5.41) is 5.08. The van der Waals surface area contributed by atoms with Gasteiger partial charge in [0.05, 0.1) is 12.7 Å². The molecule has 0 saturated heterocycles. The molecule has 0 fully saturated rings. The molecule has 0 atom stereocenters. The third kappa shape index (κ3) is 3.59. The Balaban J connectivity index is 1.98. The van der Waals surface area contributed by atoms with Crippen LogP contribution in [0.3, 0.4) is 0 Å². The number of benzene rings is 1. The standard InChI is InChI=1S/C19H16N2O3S/c1-12-5-7-13(8-6-12)15-11-25-18(16(15)19(23)24-2)21-17(22)14-4-3-9-20-10-14/h3-11H,1-2H3,(H,21,22). The third-order valence-corrected chi connectivity index (χ3v) is 4.59. The molecule has 2 aromatic heterocycles. The first-order chi connectivity index (χ1) is 12.1. The van der Waals surface area contributed by atoms with E-state index in [1.807, 2.05) is 36.6 Å². The Morgan fingerprint density at radius 3 is 2.56 bits per heavy atom. The van der Waals surface area contributed by atoms with E-state index in [4.69, 9.17) is 4.74 Å². The van der Waals surface area contributed by atoms with Crippen LogP contribution in [0.25, 0.3) is 11.1 Å². The predicted octanol–water partition coefficient (Wildman–Crippen LogP) is 4.16. The first-order valence-corrected chi connectivity index (χ1v) is 8.46. The zero-order chi connectivity index (χ0) is 17.8. The Labute approximate surface area is 149 Å². The van der Waals surface area contributed by atoms with Crippen molar-refractivity contribution >= 4 is 28.2 Å². The molecule has 0 unspecified atom stereocenters. The van der Waals surface area contributed by atoms with Crippen molar-refractivity contribution in [1.82, 2.24) is 4.98 Å². The number of pyridine rings is 1. The highest BCUT2D eigenvalue weighted by Gasteiger charge is 2.22. The lowest BCUT2D eigenvalue weighted by atomic mass is 10.0. The van der Waals surface area contributed by atoms with E-state index in [9.17, 15) is 9.59 Å². The number of carbonyl (C=O) groups is 2. The van der Waals surface area contributed by atoms with Gasteiger partial charge in [-0.25, -0.2) is 4.79 Å². The van der Waals surface area contributed by atoms with Crippen LogP contribution in [-0.2, 0) is 4.74 Å². The number of hydrogen-bond acceptors (Lipinski definition) is 5. The molecule has 1 amide bonds. The van der Waals surface area contributed by atoms with E-state index in [-0.39, 0.29) is 5.91 Å². The number of hydrogen-bond donors (Lipinski definition) is 1. The van der Waals surface area contributed by atoms with Crippen molar-refractivity contribution in [3.63, 3.8) is 0 Å². The molecule has 0 spiro atoms. The maximum atomic E-state index is 12.4. The minimum Gasteiger partial charge on any atom is -0.465 e. The molecule has 1 N–H and O–H groups in total. The quantitative estimate of drug-likeness (QED) is 0.716. The Morgan fingerprint density at radius 2 is 1.92 bits per heavy atom. The molecule has 3 rings (SSSR count). The van der Waals surface area contributed by atoms with Gasteiger partial charge in [0.15, 0.2) is 0 Å². The van der Waals surface area contributed by atoms with Crippen LogP contribution < -0.4 is 5.32 Å². The zero-order valence-electron chi connectivity index (χ0n) is 13.8. The number of aryl methyl sites for hydroxylation is 1. The first-order valence-electron chi connectivity index (χ1n) is 7.58. The molecule has 0 aliphatic carbocycles. The number of amides is 1. The lowest BCUT2D eigenvalue weighted by molar-refractivity contribution is 0.0603. The van der Waals surface area contributed by atoms with Crippen molar-refractivity contribution < 1.29 is 14.3 Å². The Kier molecular flexibility index (Phi) is 4.90. The number of methoxy groups -OCH3 is 1. The summed E-state index contributed by atoms with van der Waals surface area (Å²) in [5.41, 5.74) is 3.53. The lowest BCUT2D eigenvalue weighted by Crippen LogP contribution is -2.14. The first kappa shape index (κ1) is 16.9. The summed E-state index contributed by atoms with van der Waals surface area (Å²) in [6.07, 6.45) is 3.07. The number of aromatic nitrogens is 1. The van der Waals surface area contributed by atoms with Crippen molar-refractivity contribution in [2.45, 2.75) is 6.92 Å². The molecule has 0 radical (unpaired) electrons. The fraction of sp³-hybridized carbons (Fsp3) is 0.105. The molecule has 3 aromatic rings. The number of esters is 1. The Bertz CT molecular complexity index is 902. The highest BCUT2D eigenvalue weighted by atomic mass is 32.1. The average Bonchev–Trinajstić information content (AvgIpc) is 3.06. The van der Waals surface area contributed by atoms with Gasteiger partial charge in [-0.15, -0.1) is 11.3 Å². The number of anilines is 1. The molecule has 0 saturated carbocycles. The monoisotopic (exact) mass is 352 g/mol. The Morgan fingerprint density at radius 1 is 1.16 bits per heavy atom. The average molecular weight is 352 g/mol. The highest BCUT2D eigenvalue weighted by molar-refractivity contribution is 7.15. The van der Waals surface area contributed by atoms with Crippen molar-refractivity contribution in [2.75, 3.05) is 12.4 Å². The largest absolute Gasteiger partial charge is 0.465 e. The maximum Gasteiger partial charge on any atom is 0.341 e. The number of carbonyl (C=O) groups excluding carboxylic acids is 2. The van der Waals surface area contributed by atoms with Crippen molar-refractivity contribution in [3.8, 4) is 11.1 Å². The van der Waals surface area contributed by atoms with Gasteiger partial charge in [-0.1, -0.05) is 29.8 Å². The summed E-state index contributed by atoms with van der Waals surface area (Å²) >= 11 is 1.29. The zero-order valence-corrected chi connectivity index (χ0v) is 14.6. The summed E-state index contributed by atoms with van der Waals surface area (Å²) < 4.78 is 4.91. The van der Waals surface area contributed by atoms with Gasteiger partial charge in [0, 0.05) is 23.3 Å². The number of rotatable bonds is 4. The number of thiophene rings is 1. The second-order valence-corrected chi connectivity index (χ2v) is 6.29. The van der Waals surface area contributed by atoms with Gasteiger partial charge in [-0.3, -0.25) is 9.78 Å². The predicted molar refractivity (Wildman–Crippen MR) is 98.0 cm³/mol. The van der Waals surface area contributed by atoms with Gasteiger partial charge in [0.25, 0.3) is 5.91 Å². The van der Waals surface area contributed by atoms with Crippen LogP contribution >= 0.6 is 11.3 Å². The maximum absolute atomic E-state index is 12.4.